The molecule has 0 aliphatic carbocycles. The Morgan fingerprint density at radius 1 is 1.31 bits per heavy atom. The molecule has 4 N–H and O–H groups in total. The second-order valence-corrected chi connectivity index (χ2v) is 7.79. The minimum atomic E-state index is -0.954. The molecule has 0 fully saturated rings. The molecule has 158 valence electrons. The number of benzene rings is 2. The maximum absolute atomic E-state index is 13.5. The van der Waals surface area contributed by atoms with Gasteiger partial charge in [-0.3, -0.25) is 4.79 Å². The van der Waals surface area contributed by atoms with Crippen molar-refractivity contribution in [3.63, 3.8) is 0 Å². The predicted molar refractivity (Wildman–Crippen MR) is 111 cm³/mol. The van der Waals surface area contributed by atoms with E-state index in [1.165, 1.54) is 18.2 Å². The zero-order valence-electron chi connectivity index (χ0n) is 16.6. The summed E-state index contributed by atoms with van der Waals surface area (Å²) in [6.07, 6.45) is -0.309. The highest BCUT2D eigenvalue weighted by atomic mass is 35.5. The molecule has 0 bridgehead atoms. The van der Waals surface area contributed by atoms with Gasteiger partial charge in [-0.05, 0) is 50.5 Å². The number of aryl methyl sites for hydroxylation is 1. The van der Waals surface area contributed by atoms with Crippen molar-refractivity contribution in [1.82, 2.24) is 5.32 Å². The average molecular weight is 425 g/mol. The lowest BCUT2D eigenvalue weighted by Crippen LogP contribution is -2.43. The summed E-state index contributed by atoms with van der Waals surface area (Å²) in [5, 5.41) is 26.5. The van der Waals surface area contributed by atoms with Crippen LogP contribution in [0.3, 0.4) is 0 Å². The largest absolute Gasteiger partial charge is 0.508 e. The Hall–Kier alpha value is -2.35. The van der Waals surface area contributed by atoms with Gasteiger partial charge in [0.25, 0.3) is 5.91 Å². The number of hydrogen-bond donors (Lipinski definition) is 4. The van der Waals surface area contributed by atoms with Crippen molar-refractivity contribution in [2.75, 3.05) is 18.5 Å². The van der Waals surface area contributed by atoms with Crippen LogP contribution in [0, 0.1) is 12.7 Å². The summed E-state index contributed by atoms with van der Waals surface area (Å²) in [5.41, 5.74) is 1.96. The minimum absolute atomic E-state index is 0. The number of carbonyl (C=O) groups is 1. The second-order valence-electron chi connectivity index (χ2n) is 7.79. The third kappa shape index (κ3) is 5.59. The molecule has 8 heteroatoms. The summed E-state index contributed by atoms with van der Waals surface area (Å²) >= 11 is 0. The first-order valence-corrected chi connectivity index (χ1v) is 9.12. The fourth-order valence-corrected chi connectivity index (χ4v) is 3.33. The van der Waals surface area contributed by atoms with E-state index in [-0.39, 0.29) is 48.6 Å². The number of fused-ring (bicyclic) bond motifs is 1. The summed E-state index contributed by atoms with van der Waals surface area (Å²) in [6.45, 7) is 5.79. The normalized spacial score (nSPS) is 14.3. The monoisotopic (exact) mass is 424 g/mol. The van der Waals surface area contributed by atoms with Crippen molar-refractivity contribution in [3.05, 3.63) is 52.8 Å². The molecular weight excluding hydrogens is 399 g/mol. The van der Waals surface area contributed by atoms with Crippen LogP contribution in [0.4, 0.5) is 10.1 Å². The first-order valence-electron chi connectivity index (χ1n) is 9.12. The van der Waals surface area contributed by atoms with E-state index in [1.807, 2.05) is 19.9 Å². The first kappa shape index (κ1) is 22.9. The van der Waals surface area contributed by atoms with Gasteiger partial charge in [-0.2, -0.15) is 0 Å². The molecular formula is C21H26ClFN2O4. The zero-order valence-corrected chi connectivity index (χ0v) is 17.4. The van der Waals surface area contributed by atoms with E-state index in [0.29, 0.717) is 29.0 Å². The molecule has 0 spiro atoms. The van der Waals surface area contributed by atoms with E-state index in [1.54, 1.807) is 13.0 Å². The number of amides is 1. The summed E-state index contributed by atoms with van der Waals surface area (Å²) in [4.78, 5) is 11.5. The number of ether oxygens (including phenoxy) is 1. The molecule has 3 rings (SSSR count). The number of rotatable bonds is 6. The standard InChI is InChI=1S/C21H25FN2O4.ClH/c1-12-6-13(4-5-16(12)22)9-21(2,3)23-10-18(26)15-7-14(25)8-17-20(15)28-11-19(27)24-17;/h4-8,18,23,25-26H,9-11H2,1-3H3,(H,24,27);1H. The van der Waals surface area contributed by atoms with Gasteiger partial charge in [-0.1, -0.05) is 12.1 Å². The number of anilines is 1. The summed E-state index contributed by atoms with van der Waals surface area (Å²) in [7, 11) is 0. The fourth-order valence-electron chi connectivity index (χ4n) is 3.33. The second kappa shape index (κ2) is 8.98. The number of phenols is 1. The van der Waals surface area contributed by atoms with Crippen LogP contribution in [0.15, 0.2) is 30.3 Å². The van der Waals surface area contributed by atoms with E-state index in [0.717, 1.165) is 5.56 Å². The van der Waals surface area contributed by atoms with Crippen molar-refractivity contribution < 1.29 is 24.1 Å². The van der Waals surface area contributed by atoms with Gasteiger partial charge in [0.05, 0.1) is 11.8 Å². The Kier molecular flexibility index (Phi) is 7.11. The Labute approximate surface area is 175 Å². The Bertz CT molecular complexity index is 904. The van der Waals surface area contributed by atoms with Crippen LogP contribution in [-0.2, 0) is 11.2 Å². The number of β-amino-alcohol motifs (C(OH)–C–C–N with tert-alkyl or cyclic N) is 1. The summed E-state index contributed by atoms with van der Waals surface area (Å²) < 4.78 is 18.9. The number of phenolic OH excluding ortho intramolecular Hbond substituents is 1. The zero-order chi connectivity index (χ0) is 20.5. The van der Waals surface area contributed by atoms with Crippen molar-refractivity contribution in [2.45, 2.75) is 38.8 Å². The quantitative estimate of drug-likeness (QED) is 0.571. The van der Waals surface area contributed by atoms with Crippen LogP contribution in [0.2, 0.25) is 0 Å². The Balaban J connectivity index is 0.00000300. The first-order chi connectivity index (χ1) is 13.1. The fraction of sp³-hybridized carbons (Fsp3) is 0.381. The van der Waals surface area contributed by atoms with Crippen molar-refractivity contribution >= 4 is 24.0 Å². The molecule has 0 aromatic heterocycles. The molecule has 1 aliphatic heterocycles. The lowest BCUT2D eigenvalue weighted by Gasteiger charge is -2.29. The van der Waals surface area contributed by atoms with E-state index < -0.39 is 6.10 Å². The maximum atomic E-state index is 13.5. The molecule has 6 nitrogen and oxygen atoms in total. The summed E-state index contributed by atoms with van der Waals surface area (Å²) in [5.74, 6) is -0.253. The highest BCUT2D eigenvalue weighted by molar-refractivity contribution is 5.96. The molecule has 1 amide bonds. The van der Waals surface area contributed by atoms with Crippen LogP contribution in [0.1, 0.15) is 36.6 Å². The van der Waals surface area contributed by atoms with Crippen molar-refractivity contribution in [3.8, 4) is 11.5 Å². The van der Waals surface area contributed by atoms with E-state index in [2.05, 4.69) is 10.6 Å². The van der Waals surface area contributed by atoms with Gasteiger partial charge in [-0.25, -0.2) is 4.39 Å². The Morgan fingerprint density at radius 3 is 2.72 bits per heavy atom. The predicted octanol–water partition coefficient (Wildman–Crippen LogP) is 3.24. The molecule has 0 saturated carbocycles. The number of carbonyl (C=O) groups excluding carboxylic acids is 1. The number of aliphatic hydroxyl groups excluding tert-OH is 1. The SMILES string of the molecule is Cc1cc(CC(C)(C)NCC(O)c2cc(O)cc3c2OCC(=O)N3)ccc1F.Cl. The Morgan fingerprint density at radius 2 is 2.03 bits per heavy atom. The lowest BCUT2D eigenvalue weighted by molar-refractivity contribution is -0.118. The van der Waals surface area contributed by atoms with Crippen LogP contribution in [0.25, 0.3) is 0 Å². The van der Waals surface area contributed by atoms with Crippen LogP contribution in [0.5, 0.6) is 11.5 Å². The molecule has 29 heavy (non-hydrogen) atoms. The average Bonchev–Trinajstić information content (AvgIpc) is 2.61. The number of halogens is 2. The van der Waals surface area contributed by atoms with E-state index in [4.69, 9.17) is 4.74 Å². The minimum Gasteiger partial charge on any atom is -0.508 e. The molecule has 1 aliphatic rings. The smallest absolute Gasteiger partial charge is 0.262 e. The lowest BCUT2D eigenvalue weighted by atomic mass is 9.93. The molecule has 1 heterocycles. The van der Waals surface area contributed by atoms with Gasteiger partial charge < -0.3 is 25.6 Å². The number of aromatic hydroxyl groups is 1. The van der Waals surface area contributed by atoms with Gasteiger partial charge in [0.2, 0.25) is 0 Å². The topological polar surface area (TPSA) is 90.8 Å². The number of hydrogen-bond acceptors (Lipinski definition) is 5. The third-order valence-corrected chi connectivity index (χ3v) is 4.73. The summed E-state index contributed by atoms with van der Waals surface area (Å²) in [6, 6.07) is 7.84. The van der Waals surface area contributed by atoms with Gasteiger partial charge in [0, 0.05) is 23.7 Å². The van der Waals surface area contributed by atoms with Crippen LogP contribution in [-0.4, -0.2) is 34.8 Å². The van der Waals surface area contributed by atoms with Gasteiger partial charge in [0.1, 0.15) is 17.3 Å². The number of nitrogens with one attached hydrogen (secondary N) is 2. The molecule has 1 atom stereocenters. The molecule has 2 aromatic rings. The molecule has 1 unspecified atom stereocenters. The number of aliphatic hydroxyl groups is 1. The van der Waals surface area contributed by atoms with Gasteiger partial charge in [0.15, 0.2) is 6.61 Å². The maximum Gasteiger partial charge on any atom is 0.262 e. The molecule has 0 saturated heterocycles. The molecule has 2 aromatic carbocycles. The van der Waals surface area contributed by atoms with Crippen molar-refractivity contribution in [2.24, 2.45) is 0 Å². The van der Waals surface area contributed by atoms with Gasteiger partial charge in [-0.15, -0.1) is 12.4 Å². The highest BCUT2D eigenvalue weighted by Gasteiger charge is 2.26. The highest BCUT2D eigenvalue weighted by Crippen LogP contribution is 2.38. The third-order valence-electron chi connectivity index (χ3n) is 4.73. The van der Waals surface area contributed by atoms with Gasteiger partial charge >= 0.3 is 0 Å². The van der Waals surface area contributed by atoms with E-state index in [9.17, 15) is 19.4 Å². The van der Waals surface area contributed by atoms with Crippen LogP contribution >= 0.6 is 12.4 Å². The van der Waals surface area contributed by atoms with E-state index >= 15 is 0 Å². The van der Waals surface area contributed by atoms with Crippen LogP contribution < -0.4 is 15.4 Å². The molecule has 0 radical (unpaired) electrons. The van der Waals surface area contributed by atoms with Crippen molar-refractivity contribution in [1.29, 1.82) is 0 Å².